The van der Waals surface area contributed by atoms with Crippen molar-refractivity contribution in [2.75, 3.05) is 32.1 Å². The number of hydrogen-bond acceptors (Lipinski definition) is 4. The van der Waals surface area contributed by atoms with Gasteiger partial charge in [-0.3, -0.25) is 9.59 Å². The van der Waals surface area contributed by atoms with Gasteiger partial charge in [-0.15, -0.1) is 11.6 Å². The summed E-state index contributed by atoms with van der Waals surface area (Å²) in [6.45, 7) is 3.70. The maximum atomic E-state index is 12.7. The van der Waals surface area contributed by atoms with Crippen molar-refractivity contribution in [3.05, 3.63) is 35.9 Å². The molecule has 7 nitrogen and oxygen atoms in total. The van der Waals surface area contributed by atoms with Crippen molar-refractivity contribution < 1.29 is 19.1 Å². The number of benzene rings is 1. The van der Waals surface area contributed by atoms with Gasteiger partial charge in [-0.25, -0.2) is 4.79 Å². The van der Waals surface area contributed by atoms with Gasteiger partial charge in [0, 0.05) is 32.1 Å². The largest absolute Gasteiger partial charge is 0.448 e. The summed E-state index contributed by atoms with van der Waals surface area (Å²) in [5.74, 6) is -0.124. The molecular formula is C21H28ClN3O4. The number of carbonyl (C=O) groups excluding carboxylic acids is 3. The highest BCUT2D eigenvalue weighted by molar-refractivity contribution is 6.18. The lowest BCUT2D eigenvalue weighted by Crippen LogP contribution is -2.48. The van der Waals surface area contributed by atoms with Gasteiger partial charge in [0.2, 0.25) is 11.8 Å². The Kier molecular flexibility index (Phi) is 7.36. The Bertz CT molecular complexity index is 722. The first-order valence-corrected chi connectivity index (χ1v) is 10.7. The van der Waals surface area contributed by atoms with E-state index < -0.39 is 0 Å². The van der Waals surface area contributed by atoms with E-state index in [4.69, 9.17) is 16.3 Å². The number of halogens is 1. The number of ether oxygens (including phenoxy) is 1. The molecule has 0 aliphatic carbocycles. The van der Waals surface area contributed by atoms with Gasteiger partial charge in [-0.05, 0) is 25.3 Å². The van der Waals surface area contributed by atoms with Crippen LogP contribution in [-0.4, -0.2) is 65.9 Å². The lowest BCUT2D eigenvalue weighted by molar-refractivity contribution is -0.130. The van der Waals surface area contributed by atoms with Gasteiger partial charge in [0.25, 0.3) is 0 Å². The fraction of sp³-hybridized carbons (Fsp3) is 0.571. The number of nitrogens with zero attached hydrogens (tertiary/aromatic N) is 2. The second kappa shape index (κ2) is 9.96. The molecule has 2 aliphatic heterocycles. The molecule has 1 N–H and O–H groups in total. The Morgan fingerprint density at radius 1 is 1.24 bits per heavy atom. The van der Waals surface area contributed by atoms with Crippen molar-refractivity contribution in [1.82, 2.24) is 15.1 Å². The third-order valence-corrected chi connectivity index (χ3v) is 5.84. The van der Waals surface area contributed by atoms with E-state index in [1.54, 1.807) is 9.80 Å². The summed E-state index contributed by atoms with van der Waals surface area (Å²) in [5, 5.41) is 3.07. The maximum absolute atomic E-state index is 12.7. The van der Waals surface area contributed by atoms with Crippen molar-refractivity contribution in [3.8, 4) is 0 Å². The van der Waals surface area contributed by atoms with Gasteiger partial charge in [0.05, 0.1) is 17.8 Å². The number of alkyl halides is 1. The summed E-state index contributed by atoms with van der Waals surface area (Å²) in [5.41, 5.74) is 1.07. The molecule has 8 heteroatoms. The Labute approximate surface area is 176 Å². The summed E-state index contributed by atoms with van der Waals surface area (Å²) in [6, 6.07) is 9.80. The summed E-state index contributed by atoms with van der Waals surface area (Å²) in [4.78, 5) is 40.5. The fourth-order valence-corrected chi connectivity index (χ4v) is 4.01. The first-order valence-electron chi connectivity index (χ1n) is 10.1. The van der Waals surface area contributed by atoms with E-state index in [0.29, 0.717) is 32.5 Å². The molecule has 158 valence electrons. The zero-order chi connectivity index (χ0) is 20.8. The van der Waals surface area contributed by atoms with Crippen LogP contribution in [0.3, 0.4) is 0 Å². The Hall–Kier alpha value is -2.28. The lowest BCUT2D eigenvalue weighted by Gasteiger charge is -2.32. The van der Waals surface area contributed by atoms with Gasteiger partial charge < -0.3 is 19.9 Å². The Balaban J connectivity index is 1.47. The van der Waals surface area contributed by atoms with Crippen molar-refractivity contribution in [1.29, 1.82) is 0 Å². The average molecular weight is 422 g/mol. The molecule has 0 aromatic heterocycles. The molecular weight excluding hydrogens is 394 g/mol. The van der Waals surface area contributed by atoms with Crippen molar-refractivity contribution in [2.24, 2.45) is 5.92 Å². The zero-order valence-corrected chi connectivity index (χ0v) is 17.4. The van der Waals surface area contributed by atoms with E-state index in [1.807, 2.05) is 37.3 Å². The van der Waals surface area contributed by atoms with Gasteiger partial charge >= 0.3 is 6.09 Å². The zero-order valence-electron chi connectivity index (χ0n) is 16.7. The quantitative estimate of drug-likeness (QED) is 0.716. The van der Waals surface area contributed by atoms with E-state index in [1.165, 1.54) is 0 Å². The molecule has 3 amide bonds. The first-order chi connectivity index (χ1) is 14.0. The average Bonchev–Trinajstić information content (AvgIpc) is 3.14. The minimum absolute atomic E-state index is 0.00951. The van der Waals surface area contributed by atoms with Gasteiger partial charge in [-0.1, -0.05) is 30.3 Å². The van der Waals surface area contributed by atoms with Crippen LogP contribution in [0.1, 0.15) is 37.8 Å². The molecule has 3 rings (SSSR count). The van der Waals surface area contributed by atoms with E-state index in [9.17, 15) is 14.4 Å². The number of amides is 3. The molecule has 2 saturated heterocycles. The number of rotatable bonds is 6. The summed E-state index contributed by atoms with van der Waals surface area (Å²) < 4.78 is 5.04. The van der Waals surface area contributed by atoms with Crippen molar-refractivity contribution in [3.63, 3.8) is 0 Å². The SMILES string of the molecule is CC(c1ccccc1)N1CC(C(=O)NC2CCN(C(=O)OCCCl)CC2)CC1=O. The van der Waals surface area contributed by atoms with Crippen LogP contribution in [0.2, 0.25) is 0 Å². The van der Waals surface area contributed by atoms with E-state index in [-0.39, 0.29) is 54.8 Å². The lowest BCUT2D eigenvalue weighted by atomic mass is 10.0. The summed E-state index contributed by atoms with van der Waals surface area (Å²) in [6.07, 6.45) is 1.23. The highest BCUT2D eigenvalue weighted by Crippen LogP contribution is 2.28. The predicted octanol–water partition coefficient (Wildman–Crippen LogP) is 2.55. The third-order valence-electron chi connectivity index (χ3n) is 5.68. The molecule has 2 atom stereocenters. The maximum Gasteiger partial charge on any atom is 0.409 e. The monoisotopic (exact) mass is 421 g/mol. The van der Waals surface area contributed by atoms with E-state index >= 15 is 0 Å². The molecule has 29 heavy (non-hydrogen) atoms. The number of piperidine rings is 1. The van der Waals surface area contributed by atoms with Crippen LogP contribution in [0.25, 0.3) is 0 Å². The second-order valence-corrected chi connectivity index (χ2v) is 7.99. The van der Waals surface area contributed by atoms with Gasteiger partial charge in [0.15, 0.2) is 0 Å². The highest BCUT2D eigenvalue weighted by Gasteiger charge is 2.38. The van der Waals surface area contributed by atoms with E-state index in [0.717, 1.165) is 5.56 Å². The molecule has 2 unspecified atom stereocenters. The molecule has 1 aromatic carbocycles. The number of likely N-dealkylation sites (tertiary alicyclic amines) is 2. The van der Waals surface area contributed by atoms with Crippen LogP contribution >= 0.6 is 11.6 Å². The third kappa shape index (κ3) is 5.41. The Morgan fingerprint density at radius 2 is 1.93 bits per heavy atom. The van der Waals surface area contributed by atoms with Gasteiger partial charge in [0.1, 0.15) is 6.61 Å². The minimum Gasteiger partial charge on any atom is -0.448 e. The molecule has 2 fully saturated rings. The Morgan fingerprint density at radius 3 is 2.59 bits per heavy atom. The molecule has 0 spiro atoms. The normalized spacial score (nSPS) is 21.2. The predicted molar refractivity (Wildman–Crippen MR) is 109 cm³/mol. The molecule has 0 saturated carbocycles. The molecule has 0 bridgehead atoms. The molecule has 2 heterocycles. The highest BCUT2D eigenvalue weighted by atomic mass is 35.5. The summed E-state index contributed by atoms with van der Waals surface area (Å²) >= 11 is 5.53. The van der Waals surface area contributed by atoms with Gasteiger partial charge in [-0.2, -0.15) is 0 Å². The number of nitrogens with one attached hydrogen (secondary N) is 1. The fourth-order valence-electron chi connectivity index (χ4n) is 3.94. The van der Waals surface area contributed by atoms with Crippen molar-refractivity contribution in [2.45, 2.75) is 38.3 Å². The second-order valence-electron chi connectivity index (χ2n) is 7.61. The number of carbonyl (C=O) groups is 3. The molecule has 2 aliphatic rings. The number of hydrogen-bond donors (Lipinski definition) is 1. The topological polar surface area (TPSA) is 79.0 Å². The van der Waals surface area contributed by atoms with Crippen molar-refractivity contribution >= 4 is 29.5 Å². The molecule has 0 radical (unpaired) electrons. The van der Waals surface area contributed by atoms with Crippen LogP contribution in [0.5, 0.6) is 0 Å². The van der Waals surface area contributed by atoms with E-state index in [2.05, 4.69) is 5.32 Å². The molecule has 1 aromatic rings. The van der Waals surface area contributed by atoms with Crippen LogP contribution in [0.15, 0.2) is 30.3 Å². The van der Waals surface area contributed by atoms with Crippen LogP contribution in [-0.2, 0) is 14.3 Å². The standard InChI is InChI=1S/C21H28ClN3O4/c1-15(16-5-3-2-4-6-16)25-14-17(13-19(25)26)20(27)23-18-7-10-24(11-8-18)21(28)29-12-9-22/h2-6,15,17-18H,7-14H2,1H3,(H,23,27). The minimum atomic E-state index is -0.359. The smallest absolute Gasteiger partial charge is 0.409 e. The van der Waals surface area contributed by atoms with Crippen LogP contribution in [0, 0.1) is 5.92 Å². The van der Waals surface area contributed by atoms with Crippen LogP contribution < -0.4 is 5.32 Å². The first kappa shape index (κ1) is 21.4. The van der Waals surface area contributed by atoms with Crippen LogP contribution in [0.4, 0.5) is 4.79 Å². The summed E-state index contributed by atoms with van der Waals surface area (Å²) in [7, 11) is 0.